The zero-order valence-electron chi connectivity index (χ0n) is 13.9. The molecule has 0 atom stereocenters. The van der Waals surface area contributed by atoms with Gasteiger partial charge in [0.1, 0.15) is 0 Å². The molecule has 3 aromatic rings. The average Bonchev–Trinajstić information content (AvgIpc) is 2.67. The molecule has 0 aliphatic rings. The molecule has 0 amide bonds. The molecule has 27 heavy (non-hydrogen) atoms. The molecule has 0 bridgehead atoms. The fourth-order valence-corrected chi connectivity index (χ4v) is 4.26. The Kier molecular flexibility index (Phi) is 5.38. The molecule has 0 N–H and O–H groups in total. The monoisotopic (exact) mass is 403 g/mol. The molecular weight excluding hydrogens is 390 g/mol. The van der Waals surface area contributed by atoms with Gasteiger partial charge in [0.15, 0.2) is 4.90 Å². The Morgan fingerprint density at radius 3 is 2.37 bits per heavy atom. The maximum Gasteiger partial charge on any atom is 0.289 e. The van der Waals surface area contributed by atoms with Crippen LogP contribution in [0.25, 0.3) is 0 Å². The number of anilines is 1. The van der Waals surface area contributed by atoms with Gasteiger partial charge in [0.25, 0.3) is 15.7 Å². The number of hydrogen-bond acceptors (Lipinski definition) is 5. The standard InChI is InChI=1S/C18H14ClN3O4S/c19-15-7-9-16(10-8-15)21(13-14-4-3-11-20-12-14)27(25,26)18-6-2-1-5-17(18)22(23)24/h1-12H,13H2. The number of sulfonamides is 1. The minimum absolute atomic E-state index is 0.0378. The van der Waals surface area contributed by atoms with E-state index in [4.69, 9.17) is 11.6 Å². The Morgan fingerprint density at radius 1 is 1.04 bits per heavy atom. The van der Waals surface area contributed by atoms with Gasteiger partial charge in [-0.3, -0.25) is 19.4 Å². The second kappa shape index (κ2) is 7.73. The van der Waals surface area contributed by atoms with E-state index in [0.29, 0.717) is 16.3 Å². The number of pyridine rings is 1. The minimum atomic E-state index is -4.22. The van der Waals surface area contributed by atoms with Crippen molar-refractivity contribution in [2.24, 2.45) is 0 Å². The molecule has 7 nitrogen and oxygen atoms in total. The molecule has 1 heterocycles. The molecule has 9 heteroatoms. The summed E-state index contributed by atoms with van der Waals surface area (Å²) in [6, 6.07) is 14.9. The van der Waals surface area contributed by atoms with Gasteiger partial charge in [-0.2, -0.15) is 0 Å². The number of aromatic nitrogens is 1. The van der Waals surface area contributed by atoms with Crippen LogP contribution in [-0.2, 0) is 16.6 Å². The normalized spacial score (nSPS) is 11.1. The van der Waals surface area contributed by atoms with Gasteiger partial charge in [0.05, 0.1) is 17.2 Å². The number of hydrogen-bond donors (Lipinski definition) is 0. The molecule has 138 valence electrons. The molecule has 0 saturated heterocycles. The summed E-state index contributed by atoms with van der Waals surface area (Å²) >= 11 is 5.91. The van der Waals surface area contributed by atoms with Crippen LogP contribution in [0.15, 0.2) is 78.0 Å². The summed E-state index contributed by atoms with van der Waals surface area (Å²) in [4.78, 5) is 14.2. The van der Waals surface area contributed by atoms with E-state index in [-0.39, 0.29) is 11.4 Å². The van der Waals surface area contributed by atoms with Crippen LogP contribution in [0.1, 0.15) is 5.56 Å². The van der Waals surface area contributed by atoms with Crippen LogP contribution < -0.4 is 4.31 Å². The first-order chi connectivity index (χ1) is 12.9. The molecule has 0 aliphatic carbocycles. The van der Waals surface area contributed by atoms with Gasteiger partial charge in [0, 0.05) is 23.5 Å². The molecule has 1 aromatic heterocycles. The lowest BCUT2D eigenvalue weighted by atomic mass is 10.2. The first-order valence-corrected chi connectivity index (χ1v) is 9.62. The molecule has 0 unspecified atom stereocenters. The van der Waals surface area contributed by atoms with Crippen LogP contribution in [0.3, 0.4) is 0 Å². The van der Waals surface area contributed by atoms with Crippen molar-refractivity contribution in [3.63, 3.8) is 0 Å². The maximum absolute atomic E-state index is 13.3. The van der Waals surface area contributed by atoms with E-state index in [1.54, 1.807) is 42.6 Å². The SMILES string of the molecule is O=[N+]([O-])c1ccccc1S(=O)(=O)N(Cc1cccnc1)c1ccc(Cl)cc1. The van der Waals surface area contributed by atoms with Gasteiger partial charge >= 0.3 is 0 Å². The summed E-state index contributed by atoms with van der Waals surface area (Å²) in [5, 5.41) is 11.8. The quantitative estimate of drug-likeness (QED) is 0.457. The van der Waals surface area contributed by atoms with Crippen molar-refractivity contribution < 1.29 is 13.3 Å². The minimum Gasteiger partial charge on any atom is -0.264 e. The van der Waals surface area contributed by atoms with E-state index in [1.165, 1.54) is 24.4 Å². The van der Waals surface area contributed by atoms with Crippen LogP contribution in [0.2, 0.25) is 5.02 Å². The van der Waals surface area contributed by atoms with Crippen molar-refractivity contribution in [3.8, 4) is 0 Å². The number of nitrogens with zero attached hydrogens (tertiary/aromatic N) is 3. The summed E-state index contributed by atoms with van der Waals surface area (Å²) < 4.78 is 27.7. The van der Waals surface area contributed by atoms with E-state index in [9.17, 15) is 18.5 Å². The highest BCUT2D eigenvalue weighted by Crippen LogP contribution is 2.31. The van der Waals surface area contributed by atoms with Crippen molar-refractivity contribution in [1.82, 2.24) is 4.98 Å². The largest absolute Gasteiger partial charge is 0.289 e. The molecule has 0 fully saturated rings. The van der Waals surface area contributed by atoms with Crippen molar-refractivity contribution in [1.29, 1.82) is 0 Å². The Labute approximate surface area is 161 Å². The number of nitro groups is 1. The maximum atomic E-state index is 13.3. The van der Waals surface area contributed by atoms with Gasteiger partial charge in [-0.25, -0.2) is 8.42 Å². The first-order valence-electron chi connectivity index (χ1n) is 7.80. The third-order valence-corrected chi connectivity index (χ3v) is 5.87. The topological polar surface area (TPSA) is 93.4 Å². The van der Waals surface area contributed by atoms with Gasteiger partial charge < -0.3 is 0 Å². The lowest BCUT2D eigenvalue weighted by Crippen LogP contribution is -2.31. The van der Waals surface area contributed by atoms with E-state index < -0.39 is 20.6 Å². The van der Waals surface area contributed by atoms with Crippen LogP contribution in [0.4, 0.5) is 11.4 Å². The number of rotatable bonds is 6. The van der Waals surface area contributed by atoms with Crippen LogP contribution in [0.5, 0.6) is 0 Å². The predicted molar refractivity (Wildman–Crippen MR) is 102 cm³/mol. The second-order valence-electron chi connectivity index (χ2n) is 5.57. The van der Waals surface area contributed by atoms with E-state index in [0.717, 1.165) is 10.4 Å². The zero-order chi connectivity index (χ0) is 19.4. The van der Waals surface area contributed by atoms with E-state index in [1.807, 2.05) is 0 Å². The number of benzene rings is 2. The van der Waals surface area contributed by atoms with Crippen molar-refractivity contribution in [2.45, 2.75) is 11.4 Å². The summed E-state index contributed by atoms with van der Waals surface area (Å²) in [6.07, 6.45) is 3.12. The lowest BCUT2D eigenvalue weighted by molar-refractivity contribution is -0.387. The molecule has 0 aliphatic heterocycles. The molecule has 3 rings (SSSR count). The van der Waals surface area contributed by atoms with Crippen LogP contribution in [-0.4, -0.2) is 18.3 Å². The summed E-state index contributed by atoms with van der Waals surface area (Å²) in [7, 11) is -4.22. The van der Waals surface area contributed by atoms with Crippen molar-refractivity contribution in [3.05, 3.63) is 93.8 Å². The third kappa shape index (κ3) is 4.07. The third-order valence-electron chi connectivity index (χ3n) is 3.79. The lowest BCUT2D eigenvalue weighted by Gasteiger charge is -2.24. The van der Waals surface area contributed by atoms with Gasteiger partial charge in [-0.05, 0) is 42.0 Å². The van der Waals surface area contributed by atoms with Crippen LogP contribution >= 0.6 is 11.6 Å². The molecule has 0 saturated carbocycles. The van der Waals surface area contributed by atoms with Crippen molar-refractivity contribution >= 4 is 33.0 Å². The second-order valence-corrected chi connectivity index (χ2v) is 7.84. The number of nitro benzene ring substituents is 1. The highest BCUT2D eigenvalue weighted by molar-refractivity contribution is 7.93. The fraction of sp³-hybridized carbons (Fsp3) is 0.0556. The van der Waals surface area contributed by atoms with E-state index in [2.05, 4.69) is 4.98 Å². The Bertz CT molecular complexity index is 1060. The molecule has 0 spiro atoms. The summed E-state index contributed by atoms with van der Waals surface area (Å²) in [5.41, 5.74) is 0.485. The Balaban J connectivity index is 2.14. The molecule has 0 radical (unpaired) electrons. The predicted octanol–water partition coefficient (Wildman–Crippen LogP) is 4.04. The highest BCUT2D eigenvalue weighted by atomic mass is 35.5. The van der Waals surface area contributed by atoms with Crippen LogP contribution in [0, 0.1) is 10.1 Å². The molecular formula is C18H14ClN3O4S. The number of halogens is 1. The average molecular weight is 404 g/mol. The van der Waals surface area contributed by atoms with Gasteiger partial charge in [-0.1, -0.05) is 29.8 Å². The zero-order valence-corrected chi connectivity index (χ0v) is 15.5. The Morgan fingerprint density at radius 2 is 1.74 bits per heavy atom. The Hall–Kier alpha value is -2.97. The van der Waals surface area contributed by atoms with E-state index >= 15 is 0 Å². The van der Waals surface area contributed by atoms with Gasteiger partial charge in [0.2, 0.25) is 0 Å². The number of para-hydroxylation sites is 1. The first kappa shape index (κ1) is 18.8. The summed E-state index contributed by atoms with van der Waals surface area (Å²) in [5.74, 6) is 0. The summed E-state index contributed by atoms with van der Waals surface area (Å²) in [6.45, 7) is -0.0378. The molecule has 2 aromatic carbocycles. The smallest absolute Gasteiger partial charge is 0.264 e. The van der Waals surface area contributed by atoms with Gasteiger partial charge in [-0.15, -0.1) is 0 Å². The van der Waals surface area contributed by atoms with Crippen molar-refractivity contribution in [2.75, 3.05) is 4.31 Å². The fourth-order valence-electron chi connectivity index (χ4n) is 2.52. The highest BCUT2D eigenvalue weighted by Gasteiger charge is 2.31.